The van der Waals surface area contributed by atoms with Gasteiger partial charge in [-0.3, -0.25) is 4.79 Å². The molecule has 0 aliphatic rings. The van der Waals surface area contributed by atoms with E-state index in [1.165, 1.54) is 0 Å². The molecule has 2 aromatic heterocycles. The van der Waals surface area contributed by atoms with Gasteiger partial charge in [0.2, 0.25) is 5.91 Å². The molecule has 2 heterocycles. The van der Waals surface area contributed by atoms with Crippen LogP contribution in [-0.4, -0.2) is 27.0 Å². The van der Waals surface area contributed by atoms with Crippen LogP contribution in [0.4, 0.5) is 0 Å². The number of carbonyl (C=O) groups excluding carboxylic acids is 1. The molecule has 0 radical (unpaired) electrons. The Morgan fingerprint density at radius 1 is 1.08 bits per heavy atom. The Balaban J connectivity index is 1.84. The number of carbonyl (C=O) groups is 1. The largest absolute Gasteiger partial charge is 0.353 e. The number of hydrogen-bond donors (Lipinski definition) is 1. The summed E-state index contributed by atoms with van der Waals surface area (Å²) in [7, 11) is 0. The number of aromatic nitrogens is 3. The molecular weight excluding hydrogens is 312 g/mol. The average Bonchev–Trinajstić information content (AvgIpc) is 2.96. The summed E-state index contributed by atoms with van der Waals surface area (Å²) in [6, 6.07) is 15.9. The summed E-state index contributed by atoms with van der Waals surface area (Å²) in [5.74, 6) is -0.000389. The van der Waals surface area contributed by atoms with E-state index in [9.17, 15) is 4.79 Å². The maximum Gasteiger partial charge on any atom is 0.222 e. The molecule has 0 spiro atoms. The molecule has 0 aliphatic carbocycles. The second-order valence-corrected chi connectivity index (χ2v) is 5.90. The summed E-state index contributed by atoms with van der Waals surface area (Å²) in [4.78, 5) is 21.6. The highest BCUT2D eigenvalue weighted by atomic mass is 16.1. The number of aryl methyl sites for hydroxylation is 1. The standard InChI is InChI=1S/C20H18N4O/c1-2-12-21-18(25)11-13-24-17-10-6-3-7-14(17)19-20(24)23-16-9-5-4-8-15(16)22-19/h2-10H,1,11-13H2,(H,21,25). The summed E-state index contributed by atoms with van der Waals surface area (Å²) in [6.07, 6.45) is 2.06. The zero-order valence-corrected chi connectivity index (χ0v) is 13.8. The highest BCUT2D eigenvalue weighted by Gasteiger charge is 2.14. The van der Waals surface area contributed by atoms with Gasteiger partial charge in [-0.1, -0.05) is 36.4 Å². The van der Waals surface area contributed by atoms with E-state index in [-0.39, 0.29) is 5.91 Å². The van der Waals surface area contributed by atoms with Crippen molar-refractivity contribution >= 4 is 39.0 Å². The van der Waals surface area contributed by atoms with Crippen molar-refractivity contribution in [2.24, 2.45) is 0 Å². The van der Waals surface area contributed by atoms with Crippen molar-refractivity contribution in [3.8, 4) is 0 Å². The molecule has 0 saturated heterocycles. The van der Waals surface area contributed by atoms with Crippen molar-refractivity contribution in [3.05, 3.63) is 61.2 Å². The highest BCUT2D eigenvalue weighted by molar-refractivity contribution is 6.06. The lowest BCUT2D eigenvalue weighted by Gasteiger charge is -2.07. The topological polar surface area (TPSA) is 59.8 Å². The predicted octanol–water partition coefficient (Wildman–Crippen LogP) is 3.43. The minimum Gasteiger partial charge on any atom is -0.353 e. The molecule has 1 N–H and O–H groups in total. The Morgan fingerprint density at radius 3 is 2.60 bits per heavy atom. The molecular formula is C20H18N4O. The van der Waals surface area contributed by atoms with Gasteiger partial charge in [-0.2, -0.15) is 0 Å². The molecule has 124 valence electrons. The predicted molar refractivity (Wildman–Crippen MR) is 100 cm³/mol. The molecule has 0 atom stereocenters. The molecule has 2 aromatic carbocycles. The third kappa shape index (κ3) is 2.74. The van der Waals surface area contributed by atoms with Crippen LogP contribution in [0.1, 0.15) is 6.42 Å². The first-order valence-electron chi connectivity index (χ1n) is 8.29. The van der Waals surface area contributed by atoms with Crippen LogP contribution in [0.25, 0.3) is 33.1 Å². The van der Waals surface area contributed by atoms with Gasteiger partial charge >= 0.3 is 0 Å². The number of nitrogens with zero attached hydrogens (tertiary/aromatic N) is 3. The molecule has 5 nitrogen and oxygen atoms in total. The number of fused-ring (bicyclic) bond motifs is 4. The van der Waals surface area contributed by atoms with Crippen LogP contribution in [0.15, 0.2) is 61.2 Å². The van der Waals surface area contributed by atoms with Gasteiger partial charge in [0.1, 0.15) is 5.52 Å². The molecule has 5 heteroatoms. The van der Waals surface area contributed by atoms with Crippen molar-refractivity contribution in [3.63, 3.8) is 0 Å². The first kappa shape index (κ1) is 15.3. The van der Waals surface area contributed by atoms with Crippen LogP contribution >= 0.6 is 0 Å². The fourth-order valence-corrected chi connectivity index (χ4v) is 3.10. The highest BCUT2D eigenvalue weighted by Crippen LogP contribution is 2.28. The lowest BCUT2D eigenvalue weighted by atomic mass is 10.2. The molecule has 25 heavy (non-hydrogen) atoms. The van der Waals surface area contributed by atoms with Crippen molar-refractivity contribution in [2.75, 3.05) is 6.54 Å². The first-order chi connectivity index (χ1) is 12.3. The van der Waals surface area contributed by atoms with Crippen LogP contribution in [0.5, 0.6) is 0 Å². The average molecular weight is 330 g/mol. The van der Waals surface area contributed by atoms with Gasteiger partial charge in [-0.05, 0) is 18.2 Å². The van der Waals surface area contributed by atoms with Crippen molar-refractivity contribution in [1.82, 2.24) is 19.9 Å². The lowest BCUT2D eigenvalue weighted by Crippen LogP contribution is -2.24. The van der Waals surface area contributed by atoms with Crippen LogP contribution < -0.4 is 5.32 Å². The van der Waals surface area contributed by atoms with Crippen LogP contribution in [0.2, 0.25) is 0 Å². The second kappa shape index (κ2) is 6.36. The molecule has 0 aliphatic heterocycles. The first-order valence-corrected chi connectivity index (χ1v) is 8.29. The van der Waals surface area contributed by atoms with Gasteiger partial charge < -0.3 is 9.88 Å². The fraction of sp³-hybridized carbons (Fsp3) is 0.150. The van der Waals surface area contributed by atoms with E-state index in [4.69, 9.17) is 9.97 Å². The Hall–Kier alpha value is -3.21. The zero-order valence-electron chi connectivity index (χ0n) is 13.8. The maximum absolute atomic E-state index is 12.0. The van der Waals surface area contributed by atoms with Crippen molar-refractivity contribution < 1.29 is 4.79 Å². The Labute approximate surface area is 145 Å². The minimum absolute atomic E-state index is 0.000389. The van der Waals surface area contributed by atoms with Crippen LogP contribution in [-0.2, 0) is 11.3 Å². The molecule has 0 fully saturated rings. The third-order valence-electron chi connectivity index (χ3n) is 4.26. The van der Waals surface area contributed by atoms with E-state index in [1.807, 2.05) is 42.5 Å². The fourth-order valence-electron chi connectivity index (χ4n) is 3.10. The molecule has 4 rings (SSSR count). The quantitative estimate of drug-likeness (QED) is 0.570. The molecule has 0 bridgehead atoms. The van der Waals surface area contributed by atoms with E-state index >= 15 is 0 Å². The lowest BCUT2D eigenvalue weighted by molar-refractivity contribution is -0.121. The summed E-state index contributed by atoms with van der Waals surface area (Å²) in [5.41, 5.74) is 4.47. The minimum atomic E-state index is -0.000389. The molecule has 1 amide bonds. The summed E-state index contributed by atoms with van der Waals surface area (Å²) in [5, 5.41) is 3.87. The second-order valence-electron chi connectivity index (χ2n) is 5.90. The SMILES string of the molecule is C=CCNC(=O)CCn1c2ccccc2c2nc3ccccc3nc21. The number of benzene rings is 2. The zero-order chi connectivity index (χ0) is 17.2. The Morgan fingerprint density at radius 2 is 1.80 bits per heavy atom. The van der Waals surface area contributed by atoms with Gasteiger partial charge in [-0.25, -0.2) is 9.97 Å². The number of hydrogen-bond acceptors (Lipinski definition) is 3. The van der Waals surface area contributed by atoms with Crippen molar-refractivity contribution in [2.45, 2.75) is 13.0 Å². The third-order valence-corrected chi connectivity index (χ3v) is 4.26. The molecule has 4 aromatic rings. The van der Waals surface area contributed by atoms with E-state index in [1.54, 1.807) is 6.08 Å². The summed E-state index contributed by atoms with van der Waals surface area (Å²) < 4.78 is 2.08. The van der Waals surface area contributed by atoms with E-state index in [2.05, 4.69) is 22.5 Å². The van der Waals surface area contributed by atoms with Crippen LogP contribution in [0, 0.1) is 0 Å². The molecule has 0 unspecified atom stereocenters. The van der Waals surface area contributed by atoms with E-state index in [0.29, 0.717) is 19.5 Å². The normalized spacial score (nSPS) is 11.2. The van der Waals surface area contributed by atoms with Gasteiger partial charge in [0, 0.05) is 24.9 Å². The van der Waals surface area contributed by atoms with Crippen LogP contribution in [0.3, 0.4) is 0 Å². The maximum atomic E-state index is 12.0. The number of amides is 1. The van der Waals surface area contributed by atoms with Crippen molar-refractivity contribution in [1.29, 1.82) is 0 Å². The van der Waals surface area contributed by atoms with Gasteiger partial charge in [0.05, 0.1) is 16.6 Å². The Bertz CT molecular complexity index is 1100. The number of para-hydroxylation sites is 3. The van der Waals surface area contributed by atoms with Gasteiger partial charge in [0.25, 0.3) is 0 Å². The number of rotatable bonds is 5. The number of nitrogens with one attached hydrogen (secondary N) is 1. The Kier molecular flexibility index (Phi) is 3.90. The monoisotopic (exact) mass is 330 g/mol. The smallest absolute Gasteiger partial charge is 0.222 e. The van der Waals surface area contributed by atoms with Gasteiger partial charge in [-0.15, -0.1) is 6.58 Å². The van der Waals surface area contributed by atoms with E-state index in [0.717, 1.165) is 33.1 Å². The molecule has 0 saturated carbocycles. The van der Waals surface area contributed by atoms with E-state index < -0.39 is 0 Å². The summed E-state index contributed by atoms with van der Waals surface area (Å²) >= 11 is 0. The summed E-state index contributed by atoms with van der Waals surface area (Å²) in [6.45, 7) is 4.65. The van der Waals surface area contributed by atoms with Gasteiger partial charge in [0.15, 0.2) is 5.65 Å².